The van der Waals surface area contributed by atoms with Crippen LogP contribution in [0, 0.1) is 0 Å². The predicted octanol–water partition coefficient (Wildman–Crippen LogP) is 6.48. The Labute approximate surface area is 136 Å². The van der Waals surface area contributed by atoms with Crippen molar-refractivity contribution in [3.63, 3.8) is 0 Å². The Morgan fingerprint density at radius 2 is 1.00 bits per heavy atom. The zero-order valence-electron chi connectivity index (χ0n) is 12.9. The van der Waals surface area contributed by atoms with Gasteiger partial charge in [-0.15, -0.1) is 12.4 Å². The molecule has 0 amide bonds. The fraction of sp³-hybridized carbons (Fsp3) is 1.00. The standard InChI is InChI=1S/C16H33.ClH.Sn/c1-4-7-10-11-12-15-16(13-8-5-2)14-9-6-3;;/h4-15H2,1-3H3;1H;. The summed E-state index contributed by atoms with van der Waals surface area (Å²) < 4.78 is 0.741. The third kappa shape index (κ3) is 12.1. The maximum atomic E-state index is 2.33. The van der Waals surface area contributed by atoms with Crippen molar-refractivity contribution in [3.8, 4) is 0 Å². The fourth-order valence-electron chi connectivity index (χ4n) is 2.47. The van der Waals surface area contributed by atoms with Crippen molar-refractivity contribution in [3.05, 3.63) is 0 Å². The van der Waals surface area contributed by atoms with Gasteiger partial charge in [0.15, 0.2) is 0 Å². The van der Waals surface area contributed by atoms with Crippen LogP contribution in [0.4, 0.5) is 0 Å². The van der Waals surface area contributed by atoms with Crippen molar-refractivity contribution in [2.45, 2.75) is 101 Å². The first kappa shape index (κ1) is 21.4. The van der Waals surface area contributed by atoms with Crippen molar-refractivity contribution in [2.24, 2.45) is 0 Å². The minimum Gasteiger partial charge on any atom is -0.147 e. The number of hydrogen-bond donors (Lipinski definition) is 0. The molecule has 0 aromatic heterocycles. The van der Waals surface area contributed by atoms with Gasteiger partial charge in [0, 0.05) is 0 Å². The molecule has 0 aromatic carbocycles. The van der Waals surface area contributed by atoms with Gasteiger partial charge in [0.05, 0.1) is 0 Å². The average Bonchev–Trinajstić information content (AvgIpc) is 2.34. The van der Waals surface area contributed by atoms with Gasteiger partial charge in [-0.05, 0) is 0 Å². The van der Waals surface area contributed by atoms with Crippen molar-refractivity contribution >= 4 is 34.9 Å². The molecule has 3 radical (unpaired) electrons. The van der Waals surface area contributed by atoms with Gasteiger partial charge >= 0.3 is 124 Å². The van der Waals surface area contributed by atoms with Gasteiger partial charge < -0.3 is 0 Å². The molecule has 0 aliphatic rings. The van der Waals surface area contributed by atoms with E-state index in [1.807, 2.05) is 22.5 Å². The molecule has 0 saturated heterocycles. The van der Waals surface area contributed by atoms with Crippen LogP contribution in [0.25, 0.3) is 0 Å². The topological polar surface area (TPSA) is 0 Å². The van der Waals surface area contributed by atoms with Crippen LogP contribution in [0.3, 0.4) is 0 Å². The van der Waals surface area contributed by atoms with Gasteiger partial charge in [0.2, 0.25) is 0 Å². The van der Waals surface area contributed by atoms with Crippen LogP contribution >= 0.6 is 12.4 Å². The van der Waals surface area contributed by atoms with E-state index < -0.39 is 0 Å². The molecule has 0 aliphatic heterocycles. The Bertz CT molecular complexity index is 151. The molecule has 109 valence electrons. The Morgan fingerprint density at radius 1 is 0.611 bits per heavy atom. The van der Waals surface area contributed by atoms with Crippen molar-refractivity contribution < 1.29 is 0 Å². The van der Waals surface area contributed by atoms with Crippen LogP contribution in [0.2, 0.25) is 3.43 Å². The van der Waals surface area contributed by atoms with Gasteiger partial charge in [0.1, 0.15) is 0 Å². The van der Waals surface area contributed by atoms with Crippen molar-refractivity contribution in [1.29, 1.82) is 0 Å². The molecule has 0 atom stereocenters. The van der Waals surface area contributed by atoms with Gasteiger partial charge in [-0.25, -0.2) is 0 Å². The second-order valence-corrected chi connectivity index (χ2v) is 8.68. The maximum absolute atomic E-state index is 2.33. The summed E-state index contributed by atoms with van der Waals surface area (Å²) >= 11 is 1.81. The Hall–Kier alpha value is 1.09. The molecule has 0 aliphatic carbocycles. The summed E-state index contributed by atoms with van der Waals surface area (Å²) in [6.07, 6.45) is 17.4. The predicted molar refractivity (Wildman–Crippen MR) is 88.1 cm³/mol. The summed E-state index contributed by atoms with van der Waals surface area (Å²) in [7, 11) is 0. The molecule has 2 heteroatoms. The van der Waals surface area contributed by atoms with E-state index in [0.29, 0.717) is 0 Å². The molecule has 0 N–H and O–H groups in total. The van der Waals surface area contributed by atoms with Crippen molar-refractivity contribution in [1.82, 2.24) is 0 Å². The van der Waals surface area contributed by atoms with E-state index in [2.05, 4.69) is 20.8 Å². The van der Waals surface area contributed by atoms with Gasteiger partial charge in [-0.1, -0.05) is 0 Å². The molecule has 0 spiro atoms. The molecule has 18 heavy (non-hydrogen) atoms. The van der Waals surface area contributed by atoms with Crippen LogP contribution in [0.15, 0.2) is 0 Å². The first-order valence-electron chi connectivity index (χ1n) is 7.93. The van der Waals surface area contributed by atoms with E-state index in [4.69, 9.17) is 0 Å². The molecule has 0 fully saturated rings. The fourth-order valence-corrected chi connectivity index (χ4v) is 3.99. The summed E-state index contributed by atoms with van der Waals surface area (Å²) in [6, 6.07) is 0. The SMILES string of the molecule is CCCCCCC[C]([Sn])(CCCC)CCCC.Cl. The van der Waals surface area contributed by atoms with E-state index in [-0.39, 0.29) is 12.4 Å². The van der Waals surface area contributed by atoms with Crippen molar-refractivity contribution in [2.75, 3.05) is 0 Å². The Morgan fingerprint density at radius 3 is 1.44 bits per heavy atom. The second-order valence-electron chi connectivity index (χ2n) is 5.65. The second kappa shape index (κ2) is 14.5. The Balaban J connectivity index is 0. The first-order valence-corrected chi connectivity index (χ1v) is 9.36. The van der Waals surface area contributed by atoms with Crippen LogP contribution in [-0.4, -0.2) is 22.5 Å². The third-order valence-electron chi connectivity index (χ3n) is 3.78. The Kier molecular flexibility index (Phi) is 17.2. The van der Waals surface area contributed by atoms with Crippen LogP contribution in [0.5, 0.6) is 0 Å². The number of hydrogen-bond acceptors (Lipinski definition) is 0. The zero-order chi connectivity index (χ0) is 13.0. The molecule has 0 unspecified atom stereocenters. The van der Waals surface area contributed by atoms with Crippen LogP contribution in [-0.2, 0) is 0 Å². The molecule has 0 rings (SSSR count). The molecule has 0 nitrogen and oxygen atoms in total. The van der Waals surface area contributed by atoms with E-state index in [0.717, 1.165) is 3.43 Å². The number of rotatable bonds is 12. The molecular weight excluding hydrogens is 346 g/mol. The monoisotopic (exact) mass is 381 g/mol. The summed E-state index contributed by atoms with van der Waals surface area (Å²) in [5.41, 5.74) is 0. The van der Waals surface area contributed by atoms with Gasteiger partial charge in [-0.2, -0.15) is 0 Å². The zero-order valence-corrected chi connectivity index (χ0v) is 16.6. The summed E-state index contributed by atoms with van der Waals surface area (Å²) in [5.74, 6) is 0. The van der Waals surface area contributed by atoms with E-state index in [1.165, 1.54) is 77.0 Å². The summed E-state index contributed by atoms with van der Waals surface area (Å²) in [5, 5.41) is 0. The van der Waals surface area contributed by atoms with E-state index in [9.17, 15) is 0 Å². The van der Waals surface area contributed by atoms with Gasteiger partial charge in [-0.3, -0.25) is 0 Å². The summed E-state index contributed by atoms with van der Waals surface area (Å²) in [4.78, 5) is 0. The first-order chi connectivity index (χ1) is 8.18. The molecular formula is C16H34ClSn. The third-order valence-corrected chi connectivity index (χ3v) is 5.92. The van der Waals surface area contributed by atoms with E-state index >= 15 is 0 Å². The number of halogens is 1. The normalized spacial score (nSPS) is 11.3. The van der Waals surface area contributed by atoms with Gasteiger partial charge in [0.25, 0.3) is 0 Å². The van der Waals surface area contributed by atoms with Crippen LogP contribution < -0.4 is 0 Å². The molecule has 0 saturated carbocycles. The van der Waals surface area contributed by atoms with Crippen LogP contribution in [0.1, 0.15) is 97.8 Å². The smallest absolute Gasteiger partial charge is 0.147 e. The minimum absolute atomic E-state index is 0. The quantitative estimate of drug-likeness (QED) is 0.269. The minimum atomic E-state index is 0. The molecule has 0 aromatic rings. The summed E-state index contributed by atoms with van der Waals surface area (Å²) in [6.45, 7) is 6.96. The largest absolute Gasteiger partial charge is 0.147 e. The average molecular weight is 381 g/mol. The maximum Gasteiger partial charge on any atom is -0.147 e. The molecule has 0 bridgehead atoms. The number of unbranched alkanes of at least 4 members (excludes halogenated alkanes) is 6. The van der Waals surface area contributed by atoms with E-state index in [1.54, 1.807) is 0 Å². The molecule has 0 heterocycles.